The molecule has 0 aliphatic heterocycles. The molecule has 0 heterocycles. The lowest BCUT2D eigenvalue weighted by atomic mass is 10.1. The van der Waals surface area contributed by atoms with Crippen molar-refractivity contribution in [2.75, 3.05) is 18.9 Å². The zero-order chi connectivity index (χ0) is 39.6. The number of hydrogen-bond acceptors (Lipinski definition) is 14. The van der Waals surface area contributed by atoms with Gasteiger partial charge in [0.15, 0.2) is 5.75 Å². The van der Waals surface area contributed by atoms with Crippen molar-refractivity contribution >= 4 is 86.2 Å². The lowest BCUT2D eigenvalue weighted by Gasteiger charge is -2.11. The summed E-state index contributed by atoms with van der Waals surface area (Å²) in [5.74, 6) is -0.902. The van der Waals surface area contributed by atoms with E-state index in [2.05, 4.69) is 38.9 Å². The highest BCUT2D eigenvalue weighted by molar-refractivity contribution is 7.86. The first-order valence-electron chi connectivity index (χ1n) is 15.0. The summed E-state index contributed by atoms with van der Waals surface area (Å²) in [6.45, 7) is 7.54. The molecule has 0 aliphatic carbocycles. The summed E-state index contributed by atoms with van der Waals surface area (Å²) in [7, 11) is -14.8. The van der Waals surface area contributed by atoms with Crippen molar-refractivity contribution in [3.05, 3.63) is 103 Å². The molecular formula is C33H28N6O12S3. The number of nitrogens with one attached hydrogen (secondary N) is 1. The zero-order valence-electron chi connectivity index (χ0n) is 27.5. The van der Waals surface area contributed by atoms with Crippen molar-refractivity contribution in [3.63, 3.8) is 0 Å². The Hall–Kier alpha value is -6.10. The number of hydrogen-bond donors (Lipinski definition) is 6. The SMILES string of the molecule is C=CC(=C)OCCNC(=O)c1ccc(N=Nc2ccc(N=Nc3c(S(=O)(=O)O)cc4cc(S(=O)(=O)O)c(N)cc4c3O)c3cc(S(=O)(=O)O)ccc23)cc1. The van der Waals surface area contributed by atoms with Crippen LogP contribution in [0.3, 0.4) is 0 Å². The van der Waals surface area contributed by atoms with Crippen LogP contribution in [0.1, 0.15) is 10.4 Å². The summed E-state index contributed by atoms with van der Waals surface area (Å²) in [5.41, 5.74) is 5.12. The number of nitrogens with zero attached hydrogens (tertiary/aromatic N) is 4. The maximum Gasteiger partial charge on any atom is 0.296 e. The minimum atomic E-state index is -5.17. The minimum absolute atomic E-state index is 0.00807. The van der Waals surface area contributed by atoms with Crippen LogP contribution in [0.2, 0.25) is 0 Å². The van der Waals surface area contributed by atoms with E-state index in [1.165, 1.54) is 48.5 Å². The normalized spacial score (nSPS) is 12.4. The zero-order valence-corrected chi connectivity index (χ0v) is 29.9. The molecule has 0 spiro atoms. The molecule has 0 radical (unpaired) electrons. The monoisotopic (exact) mass is 796 g/mol. The molecule has 0 aliphatic rings. The fourth-order valence-electron chi connectivity index (χ4n) is 4.94. The van der Waals surface area contributed by atoms with E-state index < -0.39 is 62.2 Å². The molecule has 0 bridgehead atoms. The Labute approximate surface area is 307 Å². The highest BCUT2D eigenvalue weighted by Gasteiger charge is 2.25. The van der Waals surface area contributed by atoms with E-state index in [0.717, 1.165) is 30.3 Å². The Balaban J connectivity index is 1.53. The maximum atomic E-state index is 12.4. The van der Waals surface area contributed by atoms with E-state index in [-0.39, 0.29) is 52.0 Å². The Morgan fingerprint density at radius 1 is 0.759 bits per heavy atom. The third-order valence-electron chi connectivity index (χ3n) is 7.54. The van der Waals surface area contributed by atoms with E-state index in [9.17, 15) is 48.8 Å². The van der Waals surface area contributed by atoms with Gasteiger partial charge in [0.2, 0.25) is 0 Å². The molecule has 7 N–H and O–H groups in total. The first kappa shape index (κ1) is 39.1. The van der Waals surface area contributed by atoms with Crippen molar-refractivity contribution in [1.82, 2.24) is 5.32 Å². The molecule has 0 atom stereocenters. The highest BCUT2D eigenvalue weighted by atomic mass is 32.2. The van der Waals surface area contributed by atoms with Gasteiger partial charge in [0.25, 0.3) is 36.3 Å². The van der Waals surface area contributed by atoms with Crippen molar-refractivity contribution in [3.8, 4) is 5.75 Å². The van der Waals surface area contributed by atoms with E-state index >= 15 is 0 Å². The lowest BCUT2D eigenvalue weighted by Crippen LogP contribution is -2.27. The van der Waals surface area contributed by atoms with Gasteiger partial charge in [0, 0.05) is 21.7 Å². The fraction of sp³-hybridized carbons (Fsp3) is 0.0606. The number of ether oxygens (including phenoxy) is 1. The number of phenolic OH excluding ortho intramolecular Hbond substituents is 1. The number of aromatic hydroxyl groups is 1. The molecule has 0 unspecified atom stereocenters. The van der Waals surface area contributed by atoms with E-state index in [0.29, 0.717) is 17.0 Å². The molecule has 280 valence electrons. The van der Waals surface area contributed by atoms with Crippen molar-refractivity contribution in [2.24, 2.45) is 20.5 Å². The molecule has 1 amide bonds. The van der Waals surface area contributed by atoms with Gasteiger partial charge in [-0.2, -0.15) is 30.4 Å². The predicted molar refractivity (Wildman–Crippen MR) is 196 cm³/mol. The van der Waals surface area contributed by atoms with Crippen LogP contribution >= 0.6 is 0 Å². The number of azo groups is 2. The third kappa shape index (κ3) is 8.74. The number of amides is 1. The van der Waals surface area contributed by atoms with Crippen molar-refractivity contribution < 1.29 is 53.5 Å². The van der Waals surface area contributed by atoms with E-state index in [1.54, 1.807) is 0 Å². The average Bonchev–Trinajstić information content (AvgIpc) is 3.10. The van der Waals surface area contributed by atoms with Gasteiger partial charge in [-0.15, -0.1) is 15.3 Å². The van der Waals surface area contributed by atoms with Gasteiger partial charge in [0.1, 0.15) is 27.8 Å². The fourth-order valence-corrected chi connectivity index (χ4v) is 6.74. The average molecular weight is 797 g/mol. The summed E-state index contributed by atoms with van der Waals surface area (Å²) in [4.78, 5) is 10.1. The quantitative estimate of drug-likeness (QED) is 0.0191. The number of phenols is 1. The Kier molecular flexibility index (Phi) is 10.9. The summed E-state index contributed by atoms with van der Waals surface area (Å²) in [5, 5.41) is 29.7. The van der Waals surface area contributed by atoms with Gasteiger partial charge in [-0.3, -0.25) is 18.5 Å². The van der Waals surface area contributed by atoms with Crippen LogP contribution in [0.5, 0.6) is 5.75 Å². The minimum Gasteiger partial charge on any atom is -0.505 e. The van der Waals surface area contributed by atoms with Crippen LogP contribution in [0, 0.1) is 0 Å². The number of carbonyl (C=O) groups excluding carboxylic acids is 1. The topological polar surface area (TPSA) is 297 Å². The number of nitrogen functional groups attached to an aromatic ring is 1. The number of allylic oxidation sites excluding steroid dienone is 1. The molecule has 0 aromatic heterocycles. The van der Waals surface area contributed by atoms with Gasteiger partial charge in [-0.25, -0.2) is 0 Å². The van der Waals surface area contributed by atoms with Crippen LogP contribution in [0.25, 0.3) is 21.5 Å². The van der Waals surface area contributed by atoms with Crippen LogP contribution in [0.15, 0.2) is 133 Å². The number of benzene rings is 5. The summed E-state index contributed by atoms with van der Waals surface area (Å²) in [6.07, 6.45) is 1.44. The van der Waals surface area contributed by atoms with E-state index in [4.69, 9.17) is 10.5 Å². The van der Waals surface area contributed by atoms with Gasteiger partial charge >= 0.3 is 0 Å². The van der Waals surface area contributed by atoms with Crippen LogP contribution in [-0.4, -0.2) is 63.1 Å². The molecule has 5 aromatic rings. The van der Waals surface area contributed by atoms with Crippen molar-refractivity contribution in [2.45, 2.75) is 14.7 Å². The second kappa shape index (κ2) is 15.1. The summed E-state index contributed by atoms with van der Waals surface area (Å²) < 4.78 is 107. The predicted octanol–water partition coefficient (Wildman–Crippen LogP) is 6.30. The van der Waals surface area contributed by atoms with Crippen LogP contribution in [-0.2, 0) is 35.1 Å². The number of fused-ring (bicyclic) bond motifs is 2. The molecule has 5 aromatic carbocycles. The standard InChI is InChI=1S/C33H28N6O12S3/c1-3-18(2)51-13-12-35-33(41)19-4-6-21(7-5-19)36-37-27-10-11-28(25-16-22(52(42,43)44)8-9-23(25)27)38-39-31-30(54(48,49)50)15-20-14-29(53(45,46)47)26(34)17-24(20)32(31)40/h3-11,14-17,40H,1-2,12-13,34H2,(H,35,41)(H,42,43,44)(H,45,46,47)(H,48,49,50). The highest BCUT2D eigenvalue weighted by Crippen LogP contribution is 2.44. The summed E-state index contributed by atoms with van der Waals surface area (Å²) in [6, 6.07) is 14.6. The van der Waals surface area contributed by atoms with Gasteiger partial charge in [-0.1, -0.05) is 19.2 Å². The molecule has 21 heteroatoms. The molecular weight excluding hydrogens is 769 g/mol. The molecule has 54 heavy (non-hydrogen) atoms. The first-order valence-corrected chi connectivity index (χ1v) is 19.3. The van der Waals surface area contributed by atoms with Gasteiger partial charge in [-0.05, 0) is 78.2 Å². The van der Waals surface area contributed by atoms with E-state index in [1.807, 2.05) is 0 Å². The van der Waals surface area contributed by atoms with Crippen LogP contribution < -0.4 is 11.1 Å². The maximum absolute atomic E-state index is 12.4. The Morgan fingerprint density at radius 3 is 1.98 bits per heavy atom. The van der Waals surface area contributed by atoms with Crippen molar-refractivity contribution in [1.29, 1.82) is 0 Å². The Bertz CT molecular complexity index is 2770. The summed E-state index contributed by atoms with van der Waals surface area (Å²) >= 11 is 0. The Morgan fingerprint density at radius 2 is 1.37 bits per heavy atom. The van der Waals surface area contributed by atoms with Gasteiger partial charge < -0.3 is 20.9 Å². The molecule has 18 nitrogen and oxygen atoms in total. The number of anilines is 1. The number of rotatable bonds is 13. The number of carbonyl (C=O) groups is 1. The second-order valence-corrected chi connectivity index (χ2v) is 15.3. The largest absolute Gasteiger partial charge is 0.505 e. The number of nitrogens with two attached hydrogens (primary N) is 1. The lowest BCUT2D eigenvalue weighted by molar-refractivity contribution is 0.0940. The molecule has 0 saturated heterocycles. The molecule has 0 fully saturated rings. The third-order valence-corrected chi connectivity index (χ3v) is 10.2. The second-order valence-electron chi connectivity index (χ2n) is 11.1. The van der Waals surface area contributed by atoms with Crippen LogP contribution in [0.4, 0.5) is 28.4 Å². The molecule has 5 rings (SSSR count). The van der Waals surface area contributed by atoms with Gasteiger partial charge in [0.05, 0.1) is 34.2 Å². The smallest absolute Gasteiger partial charge is 0.296 e. The first-order chi connectivity index (χ1) is 25.3. The molecule has 0 saturated carbocycles.